The van der Waals surface area contributed by atoms with E-state index in [1.54, 1.807) is 18.6 Å². The van der Waals surface area contributed by atoms with Gasteiger partial charge >= 0.3 is 0 Å². The summed E-state index contributed by atoms with van der Waals surface area (Å²) >= 11 is 6.34. The molecule has 1 saturated carbocycles. The molecule has 0 spiro atoms. The fourth-order valence-electron chi connectivity index (χ4n) is 4.43. The van der Waals surface area contributed by atoms with Gasteiger partial charge in [0, 0.05) is 56.1 Å². The molecule has 0 atom stereocenters. The van der Waals surface area contributed by atoms with Crippen molar-refractivity contribution in [2.45, 2.75) is 32.1 Å². The highest BCUT2D eigenvalue weighted by Crippen LogP contribution is 2.42. The Morgan fingerprint density at radius 2 is 1.91 bits per heavy atom. The Bertz CT molecular complexity index is 1140. The Labute approximate surface area is 204 Å². The molecular weight excluding hydrogens is 450 g/mol. The average molecular weight is 480 g/mol. The number of benzene rings is 1. The molecule has 1 aromatic carbocycles. The number of carbonyl (C=O) groups is 1. The van der Waals surface area contributed by atoms with Gasteiger partial charge in [0.25, 0.3) is 5.91 Å². The van der Waals surface area contributed by atoms with Gasteiger partial charge in [0.15, 0.2) is 0 Å². The van der Waals surface area contributed by atoms with Crippen LogP contribution in [0.4, 0.5) is 5.95 Å². The summed E-state index contributed by atoms with van der Waals surface area (Å²) in [6.07, 6.45) is 8.35. The minimum Gasteiger partial charge on any atom is -0.352 e. The molecule has 0 unspecified atom stereocenters. The Balaban J connectivity index is 1.13. The summed E-state index contributed by atoms with van der Waals surface area (Å²) in [6, 6.07) is 7.75. The lowest BCUT2D eigenvalue weighted by Crippen LogP contribution is -2.47. The number of nitrogens with zero attached hydrogens (tertiary/aromatic N) is 6. The van der Waals surface area contributed by atoms with Crippen LogP contribution in [-0.4, -0.2) is 69.8 Å². The highest BCUT2D eigenvalue weighted by Gasteiger charge is 2.33. The van der Waals surface area contributed by atoms with E-state index in [1.165, 1.54) is 0 Å². The quantitative estimate of drug-likeness (QED) is 0.498. The molecule has 1 amide bonds. The van der Waals surface area contributed by atoms with Crippen LogP contribution in [0.1, 0.15) is 46.8 Å². The van der Waals surface area contributed by atoms with Crippen LogP contribution >= 0.6 is 11.6 Å². The SMILES string of the molecule is Cc1ccc(-n2ncc(C(=O)NCCCN3CCN(c4ncccn4)CC3)c2C2CC2)cc1Cl. The molecule has 0 bridgehead atoms. The van der Waals surface area contributed by atoms with Crippen LogP contribution in [0.25, 0.3) is 5.69 Å². The highest BCUT2D eigenvalue weighted by molar-refractivity contribution is 6.31. The zero-order valence-electron chi connectivity index (χ0n) is 19.5. The molecule has 1 aliphatic heterocycles. The predicted molar refractivity (Wildman–Crippen MR) is 133 cm³/mol. The number of amides is 1. The summed E-state index contributed by atoms with van der Waals surface area (Å²) in [4.78, 5) is 26.3. The Kier molecular flexibility index (Phi) is 6.78. The maximum absolute atomic E-state index is 13.0. The summed E-state index contributed by atoms with van der Waals surface area (Å²) in [5, 5.41) is 8.36. The lowest BCUT2D eigenvalue weighted by atomic mass is 10.1. The average Bonchev–Trinajstić information content (AvgIpc) is 3.62. The van der Waals surface area contributed by atoms with E-state index in [2.05, 4.69) is 30.2 Å². The molecule has 34 heavy (non-hydrogen) atoms. The first-order chi connectivity index (χ1) is 16.6. The van der Waals surface area contributed by atoms with Crippen LogP contribution in [0.5, 0.6) is 0 Å². The van der Waals surface area contributed by atoms with Gasteiger partial charge in [-0.2, -0.15) is 5.10 Å². The summed E-state index contributed by atoms with van der Waals surface area (Å²) in [5.41, 5.74) is 3.60. The third kappa shape index (κ3) is 5.08. The van der Waals surface area contributed by atoms with Crippen LogP contribution in [-0.2, 0) is 0 Å². The molecule has 5 rings (SSSR count). The van der Waals surface area contributed by atoms with E-state index in [9.17, 15) is 4.79 Å². The van der Waals surface area contributed by atoms with Crippen LogP contribution in [0.15, 0.2) is 42.9 Å². The van der Waals surface area contributed by atoms with Gasteiger partial charge in [-0.05, 0) is 56.5 Å². The van der Waals surface area contributed by atoms with Crippen molar-refractivity contribution < 1.29 is 4.79 Å². The molecule has 1 saturated heterocycles. The number of aromatic nitrogens is 4. The number of piperazine rings is 1. The van der Waals surface area contributed by atoms with Crippen molar-refractivity contribution >= 4 is 23.5 Å². The first-order valence-corrected chi connectivity index (χ1v) is 12.3. The van der Waals surface area contributed by atoms with Crippen LogP contribution in [0.3, 0.4) is 0 Å². The summed E-state index contributed by atoms with van der Waals surface area (Å²) in [7, 11) is 0. The summed E-state index contributed by atoms with van der Waals surface area (Å²) in [5.74, 6) is 1.14. The standard InChI is InChI=1S/C25H30ClN7O/c1-18-4-7-20(16-22(18)26)33-23(19-5-6-19)21(17-30-33)24(34)27-10-3-11-31-12-14-32(15-13-31)25-28-8-2-9-29-25/h2,4,7-9,16-17,19H,3,5-6,10-15H2,1H3,(H,27,34). The molecule has 2 aromatic heterocycles. The number of aryl methyl sites for hydroxylation is 1. The number of hydrogen-bond donors (Lipinski definition) is 1. The Morgan fingerprint density at radius 1 is 1.15 bits per heavy atom. The van der Waals surface area contributed by atoms with Gasteiger partial charge in [-0.3, -0.25) is 9.69 Å². The fraction of sp³-hybridized carbons (Fsp3) is 0.440. The Hall–Kier alpha value is -2.97. The molecule has 8 nitrogen and oxygen atoms in total. The van der Waals surface area contributed by atoms with Gasteiger partial charge in [0.1, 0.15) is 0 Å². The third-order valence-electron chi connectivity index (χ3n) is 6.56. The van der Waals surface area contributed by atoms with Crippen molar-refractivity contribution in [3.63, 3.8) is 0 Å². The third-order valence-corrected chi connectivity index (χ3v) is 6.97. The number of anilines is 1. The predicted octanol–water partition coefficient (Wildman–Crippen LogP) is 3.44. The van der Waals surface area contributed by atoms with Crippen molar-refractivity contribution in [2.24, 2.45) is 0 Å². The van der Waals surface area contributed by atoms with Crippen molar-refractivity contribution in [2.75, 3.05) is 44.2 Å². The van der Waals surface area contributed by atoms with E-state index in [0.29, 0.717) is 23.0 Å². The molecule has 3 aromatic rings. The maximum Gasteiger partial charge on any atom is 0.254 e. The molecule has 2 fully saturated rings. The zero-order chi connectivity index (χ0) is 23.5. The van der Waals surface area contributed by atoms with E-state index in [4.69, 9.17) is 11.6 Å². The zero-order valence-corrected chi connectivity index (χ0v) is 20.2. The van der Waals surface area contributed by atoms with Crippen LogP contribution in [0, 0.1) is 6.92 Å². The largest absolute Gasteiger partial charge is 0.352 e. The van der Waals surface area contributed by atoms with Gasteiger partial charge in [-0.1, -0.05) is 17.7 Å². The van der Waals surface area contributed by atoms with E-state index in [-0.39, 0.29) is 5.91 Å². The topological polar surface area (TPSA) is 79.2 Å². The normalized spacial score (nSPS) is 16.6. The maximum atomic E-state index is 13.0. The van der Waals surface area contributed by atoms with Gasteiger partial charge in [0.05, 0.1) is 23.1 Å². The summed E-state index contributed by atoms with van der Waals surface area (Å²) < 4.78 is 1.88. The molecule has 9 heteroatoms. The number of hydrogen-bond acceptors (Lipinski definition) is 6. The second-order valence-corrected chi connectivity index (χ2v) is 9.46. The lowest BCUT2D eigenvalue weighted by Gasteiger charge is -2.34. The number of halogens is 1. The van der Waals surface area contributed by atoms with Crippen LogP contribution in [0.2, 0.25) is 5.02 Å². The second-order valence-electron chi connectivity index (χ2n) is 9.05. The number of carbonyl (C=O) groups excluding carboxylic acids is 1. The van der Waals surface area contributed by atoms with E-state index in [0.717, 1.165) is 74.9 Å². The van der Waals surface area contributed by atoms with Crippen molar-refractivity contribution in [1.82, 2.24) is 30.0 Å². The highest BCUT2D eigenvalue weighted by atomic mass is 35.5. The number of rotatable bonds is 8. The van der Waals surface area contributed by atoms with Crippen LogP contribution < -0.4 is 10.2 Å². The van der Waals surface area contributed by atoms with Gasteiger partial charge in [0.2, 0.25) is 5.95 Å². The van der Waals surface area contributed by atoms with E-state index < -0.39 is 0 Å². The summed E-state index contributed by atoms with van der Waals surface area (Å²) in [6.45, 7) is 7.38. The van der Waals surface area contributed by atoms with E-state index >= 15 is 0 Å². The first kappa shape index (κ1) is 22.8. The fourth-order valence-corrected chi connectivity index (χ4v) is 4.60. The van der Waals surface area contributed by atoms with E-state index in [1.807, 2.05) is 35.9 Å². The molecule has 178 valence electrons. The van der Waals surface area contributed by atoms with Crippen molar-refractivity contribution in [1.29, 1.82) is 0 Å². The number of nitrogens with one attached hydrogen (secondary N) is 1. The molecule has 3 heterocycles. The molecule has 2 aliphatic rings. The minimum absolute atomic E-state index is 0.0441. The Morgan fingerprint density at radius 3 is 2.62 bits per heavy atom. The lowest BCUT2D eigenvalue weighted by molar-refractivity contribution is 0.0950. The molecule has 0 radical (unpaired) electrons. The van der Waals surface area contributed by atoms with Gasteiger partial charge < -0.3 is 10.2 Å². The first-order valence-electron chi connectivity index (χ1n) is 12.0. The van der Waals surface area contributed by atoms with Crippen molar-refractivity contribution in [3.05, 3.63) is 64.7 Å². The molecular formula is C25H30ClN7O. The van der Waals surface area contributed by atoms with Gasteiger partial charge in [-0.15, -0.1) is 0 Å². The smallest absolute Gasteiger partial charge is 0.254 e. The minimum atomic E-state index is -0.0441. The molecule has 1 aliphatic carbocycles. The second kappa shape index (κ2) is 10.1. The van der Waals surface area contributed by atoms with Gasteiger partial charge in [-0.25, -0.2) is 14.6 Å². The monoisotopic (exact) mass is 479 g/mol. The van der Waals surface area contributed by atoms with Crippen molar-refractivity contribution in [3.8, 4) is 5.69 Å². The molecule has 1 N–H and O–H groups in total.